The summed E-state index contributed by atoms with van der Waals surface area (Å²) in [6.45, 7) is 3.01. The number of Topliss-reactive ketones (excluding diaryl/α,β-unsaturated/α-hetero) is 1. The van der Waals surface area contributed by atoms with Gasteiger partial charge in [-0.2, -0.15) is 0 Å². The maximum atomic E-state index is 13.0. The molecule has 2 fully saturated rings. The second-order valence-electron chi connectivity index (χ2n) is 7.91. The Balaban J connectivity index is 0.000000401. The number of ketones is 1. The summed E-state index contributed by atoms with van der Waals surface area (Å²) in [6, 6.07) is 8.67. The number of esters is 2. The largest absolute Gasteiger partial charge is 0.422 e. The van der Waals surface area contributed by atoms with Gasteiger partial charge in [0.1, 0.15) is 0 Å². The Hall–Kier alpha value is -2.69. The second kappa shape index (κ2) is 8.81. The van der Waals surface area contributed by atoms with Gasteiger partial charge in [0.05, 0.1) is 5.92 Å². The normalized spacial score (nSPS) is 25.7. The number of cyclic esters (lactones) is 2. The molecule has 0 amide bonds. The third-order valence-electron chi connectivity index (χ3n) is 5.50. The van der Waals surface area contributed by atoms with Crippen LogP contribution in [0.15, 0.2) is 78.4 Å². The monoisotopic (exact) mass is 458 g/mol. The number of benzene rings is 1. The van der Waals surface area contributed by atoms with Gasteiger partial charge >= 0.3 is 11.9 Å². The molecule has 1 aromatic rings. The van der Waals surface area contributed by atoms with Gasteiger partial charge in [-0.25, -0.2) is 0 Å². The molecule has 1 saturated heterocycles. The molecular formula is C25H22FeO5. The van der Waals surface area contributed by atoms with Crippen LogP contribution in [0.25, 0.3) is 0 Å². The minimum atomic E-state index is -1.59. The van der Waals surface area contributed by atoms with E-state index >= 15 is 0 Å². The Morgan fingerprint density at radius 2 is 1.48 bits per heavy atom. The molecule has 6 heteroatoms. The van der Waals surface area contributed by atoms with Crippen LogP contribution in [0.2, 0.25) is 0 Å². The third kappa shape index (κ3) is 4.10. The van der Waals surface area contributed by atoms with E-state index in [-0.39, 0.29) is 22.9 Å². The number of carbonyl (C=O) groups excluding carboxylic acids is 3. The van der Waals surface area contributed by atoms with E-state index in [4.69, 9.17) is 9.47 Å². The molecule has 1 saturated carbocycles. The van der Waals surface area contributed by atoms with E-state index in [2.05, 4.69) is 0 Å². The SMILES string of the molecule is CC1(C)OC(=O)C2(C(=O)O1)C(C(=O)c1ccccc1)C2C1=CC=C[CH]1.[CH]1C=CC=C1.[Fe]. The number of carbonyl (C=O) groups is 3. The first-order chi connectivity index (χ1) is 14.4. The summed E-state index contributed by atoms with van der Waals surface area (Å²) >= 11 is 0. The van der Waals surface area contributed by atoms with Crippen LogP contribution in [0.4, 0.5) is 0 Å². The van der Waals surface area contributed by atoms with Gasteiger partial charge < -0.3 is 9.47 Å². The molecule has 1 aromatic carbocycles. The second-order valence-corrected chi connectivity index (χ2v) is 7.91. The van der Waals surface area contributed by atoms with Gasteiger partial charge in [0.2, 0.25) is 0 Å². The number of hydrogen-bond acceptors (Lipinski definition) is 5. The molecule has 0 bridgehead atoms. The van der Waals surface area contributed by atoms with E-state index in [1.165, 1.54) is 13.8 Å². The maximum absolute atomic E-state index is 13.0. The fraction of sp³-hybridized carbons (Fsp3) is 0.240. The minimum absolute atomic E-state index is 0. The molecule has 4 aliphatic rings. The van der Waals surface area contributed by atoms with Crippen molar-refractivity contribution in [2.75, 3.05) is 0 Å². The van der Waals surface area contributed by atoms with Crippen LogP contribution in [0.1, 0.15) is 24.2 Å². The van der Waals surface area contributed by atoms with E-state index in [0.29, 0.717) is 5.56 Å². The molecule has 3 aliphatic carbocycles. The van der Waals surface area contributed by atoms with Gasteiger partial charge in [-0.1, -0.05) is 78.4 Å². The summed E-state index contributed by atoms with van der Waals surface area (Å²) in [5.74, 6) is -4.32. The van der Waals surface area contributed by atoms with Gasteiger partial charge in [-0.05, 0) is 0 Å². The van der Waals surface area contributed by atoms with E-state index < -0.39 is 35.0 Å². The number of ether oxygens (including phenoxy) is 2. The zero-order chi connectivity index (χ0) is 21.4. The van der Waals surface area contributed by atoms with Crippen molar-refractivity contribution in [1.82, 2.24) is 0 Å². The van der Waals surface area contributed by atoms with Crippen molar-refractivity contribution in [2.45, 2.75) is 19.6 Å². The van der Waals surface area contributed by atoms with E-state index in [9.17, 15) is 14.4 Å². The van der Waals surface area contributed by atoms with Crippen molar-refractivity contribution in [2.24, 2.45) is 17.3 Å². The molecule has 1 heterocycles. The summed E-state index contributed by atoms with van der Waals surface area (Å²) in [5.41, 5.74) is -0.356. The predicted molar refractivity (Wildman–Crippen MR) is 111 cm³/mol. The van der Waals surface area contributed by atoms with Crippen LogP contribution in [-0.4, -0.2) is 23.5 Å². The summed E-state index contributed by atoms with van der Waals surface area (Å²) in [4.78, 5) is 38.6. The number of hydrogen-bond donors (Lipinski definition) is 0. The van der Waals surface area contributed by atoms with Crippen molar-refractivity contribution in [3.63, 3.8) is 0 Å². The zero-order valence-electron chi connectivity index (χ0n) is 17.1. The average molecular weight is 458 g/mol. The molecule has 31 heavy (non-hydrogen) atoms. The quantitative estimate of drug-likeness (QED) is 0.297. The Morgan fingerprint density at radius 3 is 1.97 bits per heavy atom. The summed E-state index contributed by atoms with van der Waals surface area (Å²) in [6.07, 6.45) is 17.2. The minimum Gasteiger partial charge on any atom is -0.422 e. The van der Waals surface area contributed by atoms with Crippen molar-refractivity contribution in [3.05, 3.63) is 96.8 Å². The molecule has 2 atom stereocenters. The number of allylic oxidation sites excluding steroid dienone is 8. The molecule has 0 N–H and O–H groups in total. The van der Waals surface area contributed by atoms with Gasteiger partial charge in [0, 0.05) is 55.2 Å². The van der Waals surface area contributed by atoms with Crippen LogP contribution in [0.5, 0.6) is 0 Å². The Bertz CT molecular complexity index is 970. The zero-order valence-corrected chi connectivity index (χ0v) is 18.2. The van der Waals surface area contributed by atoms with Crippen molar-refractivity contribution in [1.29, 1.82) is 0 Å². The Morgan fingerprint density at radius 1 is 0.871 bits per heavy atom. The molecule has 1 aliphatic heterocycles. The van der Waals surface area contributed by atoms with Crippen molar-refractivity contribution >= 4 is 17.7 Å². The first-order valence-corrected chi connectivity index (χ1v) is 9.82. The third-order valence-corrected chi connectivity index (χ3v) is 5.50. The molecule has 5 rings (SSSR count). The van der Waals surface area contributed by atoms with Crippen LogP contribution >= 0.6 is 0 Å². The topological polar surface area (TPSA) is 69.7 Å². The van der Waals surface area contributed by atoms with Crippen LogP contribution in [0, 0.1) is 30.1 Å². The van der Waals surface area contributed by atoms with Gasteiger partial charge in [0.15, 0.2) is 11.2 Å². The molecule has 2 radical (unpaired) electrons. The Kier molecular flexibility index (Phi) is 6.53. The fourth-order valence-electron chi connectivity index (χ4n) is 4.13. The summed E-state index contributed by atoms with van der Waals surface area (Å²) < 4.78 is 10.7. The van der Waals surface area contributed by atoms with Crippen LogP contribution in [0.3, 0.4) is 0 Å². The van der Waals surface area contributed by atoms with Gasteiger partial charge in [-0.15, -0.1) is 0 Å². The number of rotatable bonds is 3. The standard InChI is InChI=1S/C20H17O5.C5H5.Fe/c1-19(2)24-17(22)20(18(23)25-19)14(12-8-6-7-9-12)15(20)16(21)13-10-4-3-5-11-13;1-2-4-5-3-1;/h3-11,14-15H,1-2H3;1-5H;. The van der Waals surface area contributed by atoms with E-state index in [1.807, 2.05) is 55.4 Å². The van der Waals surface area contributed by atoms with Crippen molar-refractivity contribution in [3.8, 4) is 0 Å². The molecule has 1 spiro atoms. The smallest absolute Gasteiger partial charge is 0.328 e. The fourth-order valence-corrected chi connectivity index (χ4v) is 4.13. The van der Waals surface area contributed by atoms with Crippen molar-refractivity contribution < 1.29 is 40.9 Å². The maximum Gasteiger partial charge on any atom is 0.328 e. The van der Waals surface area contributed by atoms with Crippen LogP contribution < -0.4 is 0 Å². The van der Waals surface area contributed by atoms with E-state index in [1.54, 1.807) is 30.3 Å². The first-order valence-electron chi connectivity index (χ1n) is 9.82. The molecule has 160 valence electrons. The Labute approximate surface area is 192 Å². The average Bonchev–Trinajstić information content (AvgIpc) is 3.16. The predicted octanol–water partition coefficient (Wildman–Crippen LogP) is 3.95. The molecule has 0 aromatic heterocycles. The van der Waals surface area contributed by atoms with Gasteiger partial charge in [0.25, 0.3) is 5.79 Å². The van der Waals surface area contributed by atoms with Gasteiger partial charge in [-0.3, -0.25) is 14.4 Å². The van der Waals surface area contributed by atoms with Crippen LogP contribution in [-0.2, 0) is 36.1 Å². The first kappa shape index (κ1) is 23.0. The molecule has 5 nitrogen and oxygen atoms in total. The summed E-state index contributed by atoms with van der Waals surface area (Å²) in [7, 11) is 0. The molecular weight excluding hydrogens is 436 g/mol. The van der Waals surface area contributed by atoms with E-state index in [0.717, 1.165) is 5.57 Å². The molecule has 2 unspecified atom stereocenters. The summed E-state index contributed by atoms with van der Waals surface area (Å²) in [5, 5.41) is 0.